The van der Waals surface area contributed by atoms with Crippen molar-refractivity contribution >= 4 is 10.2 Å². The highest BCUT2D eigenvalue weighted by atomic mass is 32.2. The molecule has 0 bridgehead atoms. The number of benzene rings is 1. The van der Waals surface area contributed by atoms with Crippen LogP contribution in [0.2, 0.25) is 0 Å². The number of nitrogens with zero attached hydrogens (tertiary/aromatic N) is 2. The van der Waals surface area contributed by atoms with Crippen LogP contribution in [0.3, 0.4) is 0 Å². The molecular weight excluding hydrogens is 314 g/mol. The summed E-state index contributed by atoms with van der Waals surface area (Å²) in [6.45, 7) is 5.84. The first-order valence-corrected chi connectivity index (χ1v) is 9.48. The van der Waals surface area contributed by atoms with E-state index >= 15 is 0 Å². The zero-order valence-electron chi connectivity index (χ0n) is 13.9. The molecule has 2 atom stereocenters. The predicted molar refractivity (Wildman–Crippen MR) is 91.0 cm³/mol. The molecule has 1 saturated heterocycles. The van der Waals surface area contributed by atoms with Crippen LogP contribution in [0, 0.1) is 0 Å². The van der Waals surface area contributed by atoms with Crippen LogP contribution in [-0.4, -0.2) is 55.4 Å². The normalized spacial score (nSPS) is 23.3. The van der Waals surface area contributed by atoms with E-state index in [9.17, 15) is 8.42 Å². The smallest absolute Gasteiger partial charge is 0.282 e. The van der Waals surface area contributed by atoms with Crippen molar-refractivity contribution in [3.8, 4) is 0 Å². The van der Waals surface area contributed by atoms with Gasteiger partial charge in [-0.25, -0.2) is 0 Å². The van der Waals surface area contributed by atoms with E-state index in [4.69, 9.17) is 10.5 Å². The fourth-order valence-electron chi connectivity index (χ4n) is 2.81. The standard InChI is InChI=1S/C16H27N3O3S/c1-14-11-19(12-15(2)22-14)23(20,21)18(10-6-9-17)13-16-7-4-3-5-8-16/h3-5,7-8,14-15H,6,9-13,17H2,1-2H3. The molecule has 0 aliphatic carbocycles. The lowest BCUT2D eigenvalue weighted by Crippen LogP contribution is -2.53. The Morgan fingerprint density at radius 1 is 1.22 bits per heavy atom. The lowest BCUT2D eigenvalue weighted by molar-refractivity contribution is -0.0455. The summed E-state index contributed by atoms with van der Waals surface area (Å²) in [6.07, 6.45) is 0.449. The summed E-state index contributed by atoms with van der Waals surface area (Å²) >= 11 is 0. The molecule has 0 radical (unpaired) electrons. The third-order valence-electron chi connectivity index (χ3n) is 3.85. The van der Waals surface area contributed by atoms with Crippen LogP contribution >= 0.6 is 0 Å². The maximum atomic E-state index is 13.0. The van der Waals surface area contributed by atoms with Gasteiger partial charge in [-0.15, -0.1) is 0 Å². The SMILES string of the molecule is CC1CN(S(=O)(=O)N(CCCN)Cc2ccccc2)CC(C)O1. The third-order valence-corrected chi connectivity index (χ3v) is 5.77. The maximum absolute atomic E-state index is 13.0. The number of morpholine rings is 1. The number of rotatable bonds is 7. The minimum atomic E-state index is -3.53. The number of nitrogens with two attached hydrogens (primary N) is 1. The van der Waals surface area contributed by atoms with Gasteiger partial charge in [0.2, 0.25) is 0 Å². The minimum Gasteiger partial charge on any atom is -0.373 e. The van der Waals surface area contributed by atoms with Crippen molar-refractivity contribution in [2.24, 2.45) is 5.73 Å². The second-order valence-corrected chi connectivity index (χ2v) is 7.97. The first-order valence-electron chi connectivity index (χ1n) is 8.08. The molecule has 23 heavy (non-hydrogen) atoms. The van der Waals surface area contributed by atoms with Gasteiger partial charge in [0.1, 0.15) is 0 Å². The van der Waals surface area contributed by atoms with E-state index in [1.807, 2.05) is 44.2 Å². The summed E-state index contributed by atoms with van der Waals surface area (Å²) in [7, 11) is -3.53. The Kier molecular flexibility index (Phi) is 6.55. The van der Waals surface area contributed by atoms with E-state index in [1.165, 1.54) is 8.61 Å². The molecular formula is C16H27N3O3S. The maximum Gasteiger partial charge on any atom is 0.282 e. The second-order valence-electron chi connectivity index (χ2n) is 6.04. The van der Waals surface area contributed by atoms with Gasteiger partial charge in [0.05, 0.1) is 12.2 Å². The summed E-state index contributed by atoms with van der Waals surface area (Å²) in [4.78, 5) is 0. The molecule has 7 heteroatoms. The Hall–Kier alpha value is -0.990. The lowest BCUT2D eigenvalue weighted by Gasteiger charge is -2.37. The van der Waals surface area contributed by atoms with Gasteiger partial charge in [-0.2, -0.15) is 17.0 Å². The van der Waals surface area contributed by atoms with Crippen LogP contribution in [-0.2, 0) is 21.5 Å². The Labute approximate surface area is 139 Å². The molecule has 1 aliphatic heterocycles. The summed E-state index contributed by atoms with van der Waals surface area (Å²) in [5, 5.41) is 0. The molecule has 6 nitrogen and oxygen atoms in total. The largest absolute Gasteiger partial charge is 0.373 e. The topological polar surface area (TPSA) is 75.9 Å². The molecule has 2 N–H and O–H groups in total. The summed E-state index contributed by atoms with van der Waals surface area (Å²) in [6, 6.07) is 9.64. The number of ether oxygens (including phenoxy) is 1. The van der Waals surface area contributed by atoms with Crippen molar-refractivity contribution in [2.45, 2.75) is 39.0 Å². The van der Waals surface area contributed by atoms with Crippen LogP contribution in [0.15, 0.2) is 30.3 Å². The molecule has 1 aromatic carbocycles. The number of hydrogen-bond acceptors (Lipinski definition) is 4. The van der Waals surface area contributed by atoms with Gasteiger partial charge in [-0.1, -0.05) is 30.3 Å². The van der Waals surface area contributed by atoms with Gasteiger partial charge in [0.25, 0.3) is 10.2 Å². The van der Waals surface area contributed by atoms with E-state index in [2.05, 4.69) is 0 Å². The van der Waals surface area contributed by atoms with Crippen molar-refractivity contribution in [3.63, 3.8) is 0 Å². The highest BCUT2D eigenvalue weighted by molar-refractivity contribution is 7.86. The average Bonchev–Trinajstić information content (AvgIpc) is 2.51. The second kappa shape index (κ2) is 8.21. The first kappa shape index (κ1) is 18.4. The summed E-state index contributed by atoms with van der Waals surface area (Å²) in [5.74, 6) is 0. The monoisotopic (exact) mass is 341 g/mol. The zero-order chi connectivity index (χ0) is 16.9. The highest BCUT2D eigenvalue weighted by Gasteiger charge is 2.35. The lowest BCUT2D eigenvalue weighted by atomic mass is 10.2. The molecule has 0 spiro atoms. The van der Waals surface area contributed by atoms with Crippen molar-refractivity contribution in [1.29, 1.82) is 0 Å². The Morgan fingerprint density at radius 3 is 2.39 bits per heavy atom. The van der Waals surface area contributed by atoms with Crippen LogP contribution in [0.5, 0.6) is 0 Å². The molecule has 2 rings (SSSR count). The van der Waals surface area contributed by atoms with E-state index in [1.54, 1.807) is 0 Å². The highest BCUT2D eigenvalue weighted by Crippen LogP contribution is 2.19. The first-order chi connectivity index (χ1) is 10.9. The van der Waals surface area contributed by atoms with Crippen molar-refractivity contribution in [1.82, 2.24) is 8.61 Å². The molecule has 1 aliphatic rings. The fourth-order valence-corrected chi connectivity index (χ4v) is 4.61. The molecule has 1 aromatic rings. The van der Waals surface area contributed by atoms with Crippen LogP contribution < -0.4 is 5.73 Å². The Bertz CT molecular complexity index is 569. The molecule has 1 heterocycles. The van der Waals surface area contributed by atoms with Crippen molar-refractivity contribution < 1.29 is 13.2 Å². The van der Waals surface area contributed by atoms with E-state index < -0.39 is 10.2 Å². The molecule has 2 unspecified atom stereocenters. The van der Waals surface area contributed by atoms with Gasteiger partial charge in [-0.05, 0) is 32.4 Å². The summed E-state index contributed by atoms with van der Waals surface area (Å²) < 4.78 is 34.8. The van der Waals surface area contributed by atoms with Gasteiger partial charge in [0, 0.05) is 26.2 Å². The van der Waals surface area contributed by atoms with E-state index in [0.717, 1.165) is 5.56 Å². The third kappa shape index (κ3) is 4.99. The predicted octanol–water partition coefficient (Wildman–Crippen LogP) is 1.19. The van der Waals surface area contributed by atoms with Crippen LogP contribution in [0.4, 0.5) is 0 Å². The Morgan fingerprint density at radius 2 is 1.83 bits per heavy atom. The quantitative estimate of drug-likeness (QED) is 0.808. The van der Waals surface area contributed by atoms with Gasteiger partial charge >= 0.3 is 0 Å². The van der Waals surface area contributed by atoms with Crippen molar-refractivity contribution in [3.05, 3.63) is 35.9 Å². The van der Waals surface area contributed by atoms with Gasteiger partial charge in [0.15, 0.2) is 0 Å². The van der Waals surface area contributed by atoms with Gasteiger partial charge in [-0.3, -0.25) is 0 Å². The molecule has 0 saturated carbocycles. The molecule has 0 aromatic heterocycles. The number of hydrogen-bond donors (Lipinski definition) is 1. The van der Waals surface area contributed by atoms with Crippen LogP contribution in [0.1, 0.15) is 25.8 Å². The molecule has 1 fully saturated rings. The average molecular weight is 341 g/mol. The molecule has 130 valence electrons. The van der Waals surface area contributed by atoms with Crippen LogP contribution in [0.25, 0.3) is 0 Å². The van der Waals surface area contributed by atoms with E-state index in [0.29, 0.717) is 39.1 Å². The summed E-state index contributed by atoms with van der Waals surface area (Å²) in [5.41, 5.74) is 6.56. The molecule has 0 amide bonds. The Balaban J connectivity index is 2.18. The van der Waals surface area contributed by atoms with Gasteiger partial charge < -0.3 is 10.5 Å². The zero-order valence-corrected chi connectivity index (χ0v) is 14.7. The minimum absolute atomic E-state index is 0.0957. The van der Waals surface area contributed by atoms with Crippen molar-refractivity contribution in [2.75, 3.05) is 26.2 Å². The van der Waals surface area contributed by atoms with E-state index in [-0.39, 0.29) is 12.2 Å². The fraction of sp³-hybridized carbons (Fsp3) is 0.625.